The number of carbonyl (C=O) groups excluding carboxylic acids is 1. The molecule has 4 nitrogen and oxygen atoms in total. The quantitative estimate of drug-likeness (QED) is 0.870. The lowest BCUT2D eigenvalue weighted by Gasteiger charge is -2.32. The van der Waals surface area contributed by atoms with E-state index in [9.17, 15) is 4.79 Å². The number of piperidine rings is 1. The van der Waals surface area contributed by atoms with Gasteiger partial charge in [0.15, 0.2) is 0 Å². The van der Waals surface area contributed by atoms with Gasteiger partial charge in [-0.2, -0.15) is 0 Å². The van der Waals surface area contributed by atoms with Gasteiger partial charge in [0.2, 0.25) is 0 Å². The minimum absolute atomic E-state index is 0.0430. The van der Waals surface area contributed by atoms with Crippen molar-refractivity contribution in [2.45, 2.75) is 25.3 Å². The standard InChI is InChI=1S/C15H23N3O/c1-16-15(19)12-6-8-13(9-7-12)17-11-14-5-3-4-10-18(14)2/h6-9,14,17H,3-5,10-11H2,1-2H3,(H,16,19). The minimum Gasteiger partial charge on any atom is -0.383 e. The first-order valence-corrected chi connectivity index (χ1v) is 6.97. The van der Waals surface area contributed by atoms with E-state index in [0.717, 1.165) is 12.2 Å². The molecule has 4 heteroatoms. The van der Waals surface area contributed by atoms with Crippen LogP contribution in [0, 0.1) is 0 Å². The molecule has 0 aliphatic carbocycles. The zero-order valence-corrected chi connectivity index (χ0v) is 11.8. The maximum absolute atomic E-state index is 11.4. The highest BCUT2D eigenvalue weighted by atomic mass is 16.1. The van der Waals surface area contributed by atoms with Crippen molar-refractivity contribution in [1.29, 1.82) is 0 Å². The number of hydrogen-bond acceptors (Lipinski definition) is 3. The van der Waals surface area contributed by atoms with Gasteiger partial charge >= 0.3 is 0 Å². The van der Waals surface area contributed by atoms with Crippen molar-refractivity contribution in [3.8, 4) is 0 Å². The van der Waals surface area contributed by atoms with E-state index in [1.165, 1.54) is 25.8 Å². The van der Waals surface area contributed by atoms with E-state index in [0.29, 0.717) is 11.6 Å². The van der Waals surface area contributed by atoms with E-state index in [-0.39, 0.29) is 5.91 Å². The fourth-order valence-electron chi connectivity index (χ4n) is 2.52. The molecule has 1 atom stereocenters. The zero-order valence-electron chi connectivity index (χ0n) is 11.8. The van der Waals surface area contributed by atoms with Gasteiger partial charge in [0.05, 0.1) is 0 Å². The van der Waals surface area contributed by atoms with Crippen LogP contribution in [-0.4, -0.2) is 44.0 Å². The molecule has 19 heavy (non-hydrogen) atoms. The summed E-state index contributed by atoms with van der Waals surface area (Å²) >= 11 is 0. The zero-order chi connectivity index (χ0) is 13.7. The van der Waals surface area contributed by atoms with Crippen molar-refractivity contribution in [1.82, 2.24) is 10.2 Å². The van der Waals surface area contributed by atoms with E-state index < -0.39 is 0 Å². The second kappa shape index (κ2) is 6.57. The molecular formula is C15H23N3O. The van der Waals surface area contributed by atoms with E-state index in [1.807, 2.05) is 24.3 Å². The molecule has 1 fully saturated rings. The predicted molar refractivity (Wildman–Crippen MR) is 78.6 cm³/mol. The molecule has 2 rings (SSSR count). The molecule has 2 N–H and O–H groups in total. The fraction of sp³-hybridized carbons (Fsp3) is 0.533. The Morgan fingerprint density at radius 2 is 2.05 bits per heavy atom. The van der Waals surface area contributed by atoms with Crippen molar-refractivity contribution in [2.75, 3.05) is 32.5 Å². The Morgan fingerprint density at radius 3 is 2.68 bits per heavy atom. The SMILES string of the molecule is CNC(=O)c1ccc(NCC2CCCCN2C)cc1. The normalized spacial score (nSPS) is 20.0. The average Bonchev–Trinajstić information content (AvgIpc) is 2.46. The Hall–Kier alpha value is -1.55. The van der Waals surface area contributed by atoms with Crippen LogP contribution in [0.3, 0.4) is 0 Å². The van der Waals surface area contributed by atoms with Crippen molar-refractivity contribution in [2.24, 2.45) is 0 Å². The molecular weight excluding hydrogens is 238 g/mol. The molecule has 1 aromatic rings. The summed E-state index contributed by atoms with van der Waals surface area (Å²) in [5.74, 6) is -0.0430. The third-order valence-electron chi connectivity index (χ3n) is 3.84. The number of anilines is 1. The van der Waals surface area contributed by atoms with Crippen LogP contribution in [0.15, 0.2) is 24.3 Å². The number of amides is 1. The maximum atomic E-state index is 11.4. The third kappa shape index (κ3) is 3.70. The fourth-order valence-corrected chi connectivity index (χ4v) is 2.52. The highest BCUT2D eigenvalue weighted by Gasteiger charge is 2.18. The van der Waals surface area contributed by atoms with Gasteiger partial charge in [-0.15, -0.1) is 0 Å². The van der Waals surface area contributed by atoms with E-state index in [1.54, 1.807) is 7.05 Å². The molecule has 1 aliphatic rings. The van der Waals surface area contributed by atoms with Gasteiger partial charge in [-0.1, -0.05) is 6.42 Å². The van der Waals surface area contributed by atoms with Gasteiger partial charge < -0.3 is 15.5 Å². The van der Waals surface area contributed by atoms with Crippen LogP contribution in [-0.2, 0) is 0 Å². The highest BCUT2D eigenvalue weighted by Crippen LogP contribution is 2.16. The van der Waals surface area contributed by atoms with Gasteiger partial charge in [-0.3, -0.25) is 4.79 Å². The molecule has 1 heterocycles. The Labute approximate surface area is 115 Å². The predicted octanol–water partition coefficient (Wildman–Crippen LogP) is 1.94. The number of likely N-dealkylation sites (N-methyl/N-ethyl adjacent to an activating group) is 1. The molecule has 104 valence electrons. The molecule has 1 unspecified atom stereocenters. The maximum Gasteiger partial charge on any atom is 0.251 e. The van der Waals surface area contributed by atoms with Gasteiger partial charge in [-0.25, -0.2) is 0 Å². The summed E-state index contributed by atoms with van der Waals surface area (Å²) in [5, 5.41) is 6.08. The van der Waals surface area contributed by atoms with E-state index >= 15 is 0 Å². The molecule has 1 saturated heterocycles. The number of nitrogens with zero attached hydrogens (tertiary/aromatic N) is 1. The topological polar surface area (TPSA) is 44.4 Å². The third-order valence-corrected chi connectivity index (χ3v) is 3.84. The number of benzene rings is 1. The second-order valence-corrected chi connectivity index (χ2v) is 5.17. The van der Waals surface area contributed by atoms with Gasteiger partial charge in [0, 0.05) is 30.9 Å². The summed E-state index contributed by atoms with van der Waals surface area (Å²) in [5.41, 5.74) is 1.77. The summed E-state index contributed by atoms with van der Waals surface area (Å²) < 4.78 is 0. The van der Waals surface area contributed by atoms with Crippen LogP contribution in [0.25, 0.3) is 0 Å². The number of nitrogens with one attached hydrogen (secondary N) is 2. The Kier molecular flexibility index (Phi) is 4.80. The number of rotatable bonds is 4. The molecule has 1 aromatic carbocycles. The van der Waals surface area contributed by atoms with Crippen molar-refractivity contribution in [3.63, 3.8) is 0 Å². The van der Waals surface area contributed by atoms with Crippen LogP contribution in [0.4, 0.5) is 5.69 Å². The lowest BCUT2D eigenvalue weighted by Crippen LogP contribution is -2.40. The van der Waals surface area contributed by atoms with E-state index in [2.05, 4.69) is 22.6 Å². The van der Waals surface area contributed by atoms with Crippen LogP contribution in [0.1, 0.15) is 29.6 Å². The van der Waals surface area contributed by atoms with Gasteiger partial charge in [-0.05, 0) is 50.7 Å². The number of hydrogen-bond donors (Lipinski definition) is 2. The highest BCUT2D eigenvalue weighted by molar-refractivity contribution is 5.94. The minimum atomic E-state index is -0.0430. The largest absolute Gasteiger partial charge is 0.383 e. The molecule has 0 aromatic heterocycles. The molecule has 0 saturated carbocycles. The number of likely N-dealkylation sites (tertiary alicyclic amines) is 1. The molecule has 0 bridgehead atoms. The molecule has 0 radical (unpaired) electrons. The Morgan fingerprint density at radius 1 is 1.32 bits per heavy atom. The lowest BCUT2D eigenvalue weighted by atomic mass is 10.0. The molecule has 1 amide bonds. The van der Waals surface area contributed by atoms with E-state index in [4.69, 9.17) is 0 Å². The smallest absolute Gasteiger partial charge is 0.251 e. The summed E-state index contributed by atoms with van der Waals surface area (Å²) in [4.78, 5) is 13.9. The first kappa shape index (κ1) is 13.9. The van der Waals surface area contributed by atoms with Crippen molar-refractivity contribution < 1.29 is 4.79 Å². The molecule has 0 spiro atoms. The van der Waals surface area contributed by atoms with Crippen molar-refractivity contribution >= 4 is 11.6 Å². The monoisotopic (exact) mass is 261 g/mol. The van der Waals surface area contributed by atoms with Crippen molar-refractivity contribution in [3.05, 3.63) is 29.8 Å². The Bertz CT molecular complexity index is 416. The second-order valence-electron chi connectivity index (χ2n) is 5.17. The van der Waals surface area contributed by atoms with Crippen LogP contribution in [0.2, 0.25) is 0 Å². The van der Waals surface area contributed by atoms with Crippen LogP contribution >= 0.6 is 0 Å². The first-order valence-electron chi connectivity index (χ1n) is 6.97. The Balaban J connectivity index is 1.87. The lowest BCUT2D eigenvalue weighted by molar-refractivity contribution is 0.0963. The summed E-state index contributed by atoms with van der Waals surface area (Å²) in [7, 11) is 3.84. The number of carbonyl (C=O) groups is 1. The summed E-state index contributed by atoms with van der Waals surface area (Å²) in [6.07, 6.45) is 3.90. The van der Waals surface area contributed by atoms with Gasteiger partial charge in [0.25, 0.3) is 5.91 Å². The summed E-state index contributed by atoms with van der Waals surface area (Å²) in [6, 6.07) is 8.26. The summed E-state index contributed by atoms with van der Waals surface area (Å²) in [6.45, 7) is 2.16. The first-order chi connectivity index (χ1) is 9.20. The van der Waals surface area contributed by atoms with Gasteiger partial charge in [0.1, 0.15) is 0 Å². The molecule has 1 aliphatic heterocycles. The average molecular weight is 261 g/mol. The van der Waals surface area contributed by atoms with Crippen LogP contribution in [0.5, 0.6) is 0 Å². The van der Waals surface area contributed by atoms with Crippen LogP contribution < -0.4 is 10.6 Å².